The second-order valence-corrected chi connectivity index (χ2v) is 8.00. The number of hydrogen-bond donors (Lipinski definition) is 2. The summed E-state index contributed by atoms with van der Waals surface area (Å²) < 4.78 is 6.02. The molecule has 1 heterocycles. The highest BCUT2D eigenvalue weighted by atomic mass is 79.9. The highest BCUT2D eigenvalue weighted by Gasteiger charge is 2.15. The molecule has 0 saturated heterocycles. The zero-order valence-corrected chi connectivity index (χ0v) is 18.0. The van der Waals surface area contributed by atoms with Gasteiger partial charge < -0.3 is 15.0 Å². The highest BCUT2D eigenvalue weighted by molar-refractivity contribution is 9.10. The number of H-pyrrole nitrogens is 1. The lowest BCUT2D eigenvalue weighted by Gasteiger charge is -2.05. The summed E-state index contributed by atoms with van der Waals surface area (Å²) in [5, 5.41) is 3.72. The van der Waals surface area contributed by atoms with Gasteiger partial charge in [-0.3, -0.25) is 4.79 Å². The Morgan fingerprint density at radius 3 is 2.61 bits per heavy atom. The van der Waals surface area contributed by atoms with Crippen molar-refractivity contribution in [1.29, 1.82) is 0 Å². The molecule has 0 radical (unpaired) electrons. The van der Waals surface area contributed by atoms with Crippen LogP contribution in [0.25, 0.3) is 22.6 Å². The summed E-state index contributed by atoms with van der Waals surface area (Å²) >= 11 is 4.90. The summed E-state index contributed by atoms with van der Waals surface area (Å²) in [7, 11) is 1.66. The third-order valence-electron chi connectivity index (χ3n) is 4.04. The minimum absolute atomic E-state index is 0.00620. The van der Waals surface area contributed by atoms with Crippen molar-refractivity contribution in [3.63, 3.8) is 0 Å². The number of halogens is 1. The lowest BCUT2D eigenvalue weighted by Crippen LogP contribution is -2.26. The van der Waals surface area contributed by atoms with Crippen molar-refractivity contribution < 1.29 is 9.53 Å². The van der Waals surface area contributed by atoms with E-state index in [2.05, 4.69) is 26.2 Å². The average Bonchev–Trinajstić information content (AvgIpc) is 3.15. The summed E-state index contributed by atoms with van der Waals surface area (Å²) in [5.74, 6) is 1.10. The van der Waals surface area contributed by atoms with Crippen LogP contribution in [0.3, 0.4) is 0 Å². The number of imidazole rings is 1. The molecule has 3 rings (SSSR count). The first-order valence-electron chi connectivity index (χ1n) is 8.97. The molecule has 2 N–H and O–H groups in total. The number of hydrogen-bond acceptors (Lipinski definition) is 4. The number of nitrogens with one attached hydrogen (secondary N) is 2. The molecule has 7 heteroatoms. The molecule has 5 nitrogen and oxygen atoms in total. The first-order valence-corrected chi connectivity index (χ1v) is 10.7. The Balaban J connectivity index is 1.76. The number of ether oxygens (including phenoxy) is 1. The molecular formula is C21H22BrN3O2S. The maximum Gasteiger partial charge on any atom is 0.230 e. The van der Waals surface area contributed by atoms with E-state index >= 15 is 0 Å². The van der Waals surface area contributed by atoms with Crippen LogP contribution < -0.4 is 5.32 Å². The predicted octanol–water partition coefficient (Wildman–Crippen LogP) is 4.75. The number of rotatable bonds is 9. The second-order valence-electron chi connectivity index (χ2n) is 6.12. The van der Waals surface area contributed by atoms with Crippen LogP contribution in [-0.2, 0) is 9.53 Å². The van der Waals surface area contributed by atoms with Gasteiger partial charge in [0.15, 0.2) is 0 Å². The van der Waals surface area contributed by atoms with Crippen LogP contribution >= 0.6 is 27.7 Å². The van der Waals surface area contributed by atoms with Gasteiger partial charge in [0.25, 0.3) is 0 Å². The maximum absolute atomic E-state index is 12.1. The standard InChI is InChI=1S/C21H22BrN3O2S/c1-27-13-5-12-23-18(26)14-28-21-19(15-6-3-2-4-7-15)24-20(25-21)16-8-10-17(22)11-9-16/h2-4,6-11H,5,12-14H2,1H3,(H,23,26)(H,24,25). The first-order chi connectivity index (χ1) is 13.7. The molecule has 2 aromatic carbocycles. The number of methoxy groups -OCH3 is 1. The third-order valence-corrected chi connectivity index (χ3v) is 5.54. The molecule has 1 aromatic heterocycles. The van der Waals surface area contributed by atoms with Crippen LogP contribution in [0, 0.1) is 0 Å². The van der Waals surface area contributed by atoms with E-state index in [0.29, 0.717) is 18.9 Å². The van der Waals surface area contributed by atoms with E-state index in [1.165, 1.54) is 11.8 Å². The molecule has 1 amide bonds. The predicted molar refractivity (Wildman–Crippen MR) is 117 cm³/mol. The number of nitrogens with zero attached hydrogens (tertiary/aromatic N) is 1. The van der Waals surface area contributed by atoms with Crippen LogP contribution in [0.5, 0.6) is 0 Å². The van der Waals surface area contributed by atoms with Crippen LogP contribution in [0.15, 0.2) is 64.1 Å². The molecule has 0 aliphatic carbocycles. The SMILES string of the molecule is COCCCNC(=O)CSc1nc(-c2ccc(Br)cc2)[nH]c1-c1ccccc1. The van der Waals surface area contributed by atoms with Gasteiger partial charge in [-0.15, -0.1) is 0 Å². The fourth-order valence-electron chi connectivity index (χ4n) is 2.64. The minimum Gasteiger partial charge on any atom is -0.385 e. The third kappa shape index (κ3) is 5.70. The Morgan fingerprint density at radius 1 is 1.14 bits per heavy atom. The Bertz CT molecular complexity index is 898. The largest absolute Gasteiger partial charge is 0.385 e. The second kappa shape index (κ2) is 10.5. The van der Waals surface area contributed by atoms with E-state index in [1.54, 1.807) is 7.11 Å². The minimum atomic E-state index is -0.00620. The highest BCUT2D eigenvalue weighted by Crippen LogP contribution is 2.32. The fourth-order valence-corrected chi connectivity index (χ4v) is 3.74. The van der Waals surface area contributed by atoms with Gasteiger partial charge in [0, 0.05) is 35.9 Å². The van der Waals surface area contributed by atoms with Crippen molar-refractivity contribution in [3.8, 4) is 22.6 Å². The maximum atomic E-state index is 12.1. The van der Waals surface area contributed by atoms with E-state index in [9.17, 15) is 4.79 Å². The molecule has 0 unspecified atom stereocenters. The zero-order valence-electron chi connectivity index (χ0n) is 15.6. The normalized spacial score (nSPS) is 10.8. The molecule has 0 spiro atoms. The van der Waals surface area contributed by atoms with Gasteiger partial charge in [-0.1, -0.05) is 70.2 Å². The topological polar surface area (TPSA) is 67.0 Å². The van der Waals surface area contributed by atoms with Gasteiger partial charge in [-0.05, 0) is 18.6 Å². The lowest BCUT2D eigenvalue weighted by molar-refractivity contribution is -0.118. The van der Waals surface area contributed by atoms with Crippen LogP contribution in [0.4, 0.5) is 0 Å². The van der Waals surface area contributed by atoms with Crippen molar-refractivity contribution in [2.45, 2.75) is 11.4 Å². The average molecular weight is 460 g/mol. The summed E-state index contributed by atoms with van der Waals surface area (Å²) in [6, 6.07) is 18.0. The number of aromatic nitrogens is 2. The van der Waals surface area contributed by atoms with Crippen molar-refractivity contribution in [2.75, 3.05) is 26.0 Å². The van der Waals surface area contributed by atoms with Crippen molar-refractivity contribution >= 4 is 33.6 Å². The Labute approximate surface area is 177 Å². The summed E-state index contributed by atoms with van der Waals surface area (Å²) in [6.45, 7) is 1.25. The van der Waals surface area contributed by atoms with Gasteiger partial charge in [0.1, 0.15) is 10.9 Å². The Morgan fingerprint density at radius 2 is 1.89 bits per heavy atom. The lowest BCUT2D eigenvalue weighted by atomic mass is 10.2. The van der Waals surface area contributed by atoms with E-state index in [-0.39, 0.29) is 5.91 Å². The van der Waals surface area contributed by atoms with Gasteiger partial charge in [0.2, 0.25) is 5.91 Å². The number of amides is 1. The molecule has 0 fully saturated rings. The van der Waals surface area contributed by atoms with Crippen LogP contribution in [0.2, 0.25) is 0 Å². The van der Waals surface area contributed by atoms with Gasteiger partial charge in [0.05, 0.1) is 11.4 Å². The molecule has 146 valence electrons. The molecule has 0 aliphatic heterocycles. The van der Waals surface area contributed by atoms with Crippen molar-refractivity contribution in [3.05, 3.63) is 59.1 Å². The summed E-state index contributed by atoms with van der Waals surface area (Å²) in [6.07, 6.45) is 0.804. The molecule has 0 atom stereocenters. The van der Waals surface area contributed by atoms with Crippen molar-refractivity contribution in [2.24, 2.45) is 0 Å². The van der Waals surface area contributed by atoms with E-state index in [4.69, 9.17) is 9.72 Å². The monoisotopic (exact) mass is 459 g/mol. The molecule has 0 bridgehead atoms. The summed E-state index contributed by atoms with van der Waals surface area (Å²) in [4.78, 5) is 20.3. The Kier molecular flexibility index (Phi) is 7.71. The first kappa shape index (κ1) is 20.6. The van der Waals surface area contributed by atoms with Gasteiger partial charge >= 0.3 is 0 Å². The number of carbonyl (C=O) groups is 1. The van der Waals surface area contributed by atoms with Gasteiger partial charge in [-0.25, -0.2) is 4.98 Å². The smallest absolute Gasteiger partial charge is 0.230 e. The molecular weight excluding hydrogens is 438 g/mol. The Hall–Kier alpha value is -2.09. The molecule has 0 saturated carbocycles. The zero-order chi connectivity index (χ0) is 19.8. The van der Waals surface area contributed by atoms with Crippen molar-refractivity contribution in [1.82, 2.24) is 15.3 Å². The van der Waals surface area contributed by atoms with E-state index in [1.807, 2.05) is 54.6 Å². The fraction of sp³-hybridized carbons (Fsp3) is 0.238. The van der Waals surface area contributed by atoms with Crippen LogP contribution in [0.1, 0.15) is 6.42 Å². The molecule has 3 aromatic rings. The number of thioether (sulfide) groups is 1. The number of carbonyl (C=O) groups excluding carboxylic acids is 1. The number of benzene rings is 2. The molecule has 28 heavy (non-hydrogen) atoms. The van der Waals surface area contributed by atoms with Gasteiger partial charge in [-0.2, -0.15) is 0 Å². The van der Waals surface area contributed by atoms with Crippen LogP contribution in [-0.4, -0.2) is 41.9 Å². The quantitative estimate of drug-likeness (QED) is 0.357. The number of aromatic amines is 1. The molecule has 0 aliphatic rings. The van der Waals surface area contributed by atoms with E-state index in [0.717, 1.165) is 38.6 Å². The van der Waals surface area contributed by atoms with E-state index < -0.39 is 0 Å². The summed E-state index contributed by atoms with van der Waals surface area (Å²) in [5.41, 5.74) is 2.97.